The van der Waals surface area contributed by atoms with E-state index in [9.17, 15) is 0 Å². The molecule has 1 aliphatic rings. The molecule has 2 aromatic rings. The number of likely N-dealkylation sites (tertiary alicyclic amines) is 1. The van der Waals surface area contributed by atoms with Gasteiger partial charge in [-0.1, -0.05) is 42.5 Å². The first-order valence-electron chi connectivity index (χ1n) is 10.7. The SMILES string of the molecule is CCNC(=NCc1cccc(COc2ccccc2)c1)N1CCC(OCC)CC1.I. The molecule has 0 unspecified atom stereocenters. The van der Waals surface area contributed by atoms with E-state index in [1.165, 1.54) is 5.56 Å². The summed E-state index contributed by atoms with van der Waals surface area (Å²) in [5.74, 6) is 1.88. The van der Waals surface area contributed by atoms with Crippen LogP contribution < -0.4 is 10.1 Å². The van der Waals surface area contributed by atoms with Gasteiger partial charge in [0, 0.05) is 26.2 Å². The average molecular weight is 523 g/mol. The minimum atomic E-state index is 0. The van der Waals surface area contributed by atoms with Gasteiger partial charge < -0.3 is 19.7 Å². The molecule has 1 aliphatic heterocycles. The van der Waals surface area contributed by atoms with Crippen LogP contribution in [0.15, 0.2) is 59.6 Å². The van der Waals surface area contributed by atoms with Gasteiger partial charge in [-0.25, -0.2) is 4.99 Å². The van der Waals surface area contributed by atoms with Gasteiger partial charge in [0.2, 0.25) is 0 Å². The number of rotatable bonds is 8. The monoisotopic (exact) mass is 523 g/mol. The lowest BCUT2D eigenvalue weighted by molar-refractivity contribution is 0.0263. The van der Waals surface area contributed by atoms with Gasteiger partial charge in [0.05, 0.1) is 12.6 Å². The highest BCUT2D eigenvalue weighted by atomic mass is 127. The lowest BCUT2D eigenvalue weighted by atomic mass is 10.1. The molecule has 0 bridgehead atoms. The van der Waals surface area contributed by atoms with Gasteiger partial charge in [0.25, 0.3) is 0 Å². The Bertz CT molecular complexity index is 762. The fourth-order valence-electron chi connectivity index (χ4n) is 3.56. The second-order valence-corrected chi connectivity index (χ2v) is 7.23. The van der Waals surface area contributed by atoms with Gasteiger partial charge in [-0.3, -0.25) is 0 Å². The van der Waals surface area contributed by atoms with Crippen LogP contribution in [0.25, 0.3) is 0 Å². The maximum atomic E-state index is 5.87. The highest BCUT2D eigenvalue weighted by Crippen LogP contribution is 2.15. The third kappa shape index (κ3) is 7.80. The van der Waals surface area contributed by atoms with E-state index in [0.717, 1.165) is 56.4 Å². The van der Waals surface area contributed by atoms with E-state index in [1.54, 1.807) is 0 Å². The number of nitrogens with zero attached hydrogens (tertiary/aromatic N) is 2. The minimum absolute atomic E-state index is 0. The molecule has 0 amide bonds. The molecule has 1 heterocycles. The number of nitrogens with one attached hydrogen (secondary N) is 1. The number of piperidine rings is 1. The molecule has 0 aromatic heterocycles. The fraction of sp³-hybridized carbons (Fsp3) is 0.458. The van der Waals surface area contributed by atoms with Crippen molar-refractivity contribution in [3.8, 4) is 5.75 Å². The van der Waals surface area contributed by atoms with Crippen molar-refractivity contribution in [1.29, 1.82) is 0 Å². The molecule has 0 aliphatic carbocycles. The van der Waals surface area contributed by atoms with Gasteiger partial charge in [-0.15, -0.1) is 24.0 Å². The number of hydrogen-bond donors (Lipinski definition) is 1. The number of guanidine groups is 1. The van der Waals surface area contributed by atoms with Gasteiger partial charge in [0.15, 0.2) is 5.96 Å². The smallest absolute Gasteiger partial charge is 0.194 e. The Hall–Kier alpha value is -1.80. The van der Waals surface area contributed by atoms with E-state index >= 15 is 0 Å². The van der Waals surface area contributed by atoms with Crippen LogP contribution in [0, 0.1) is 0 Å². The maximum Gasteiger partial charge on any atom is 0.194 e. The first-order chi connectivity index (χ1) is 14.3. The zero-order valence-corrected chi connectivity index (χ0v) is 20.4. The molecule has 0 radical (unpaired) electrons. The third-order valence-electron chi connectivity index (χ3n) is 5.03. The van der Waals surface area contributed by atoms with Gasteiger partial charge >= 0.3 is 0 Å². The van der Waals surface area contributed by atoms with Crippen LogP contribution in [0.1, 0.15) is 37.8 Å². The molecule has 0 spiro atoms. The second-order valence-electron chi connectivity index (χ2n) is 7.23. The number of ether oxygens (including phenoxy) is 2. The summed E-state index contributed by atoms with van der Waals surface area (Å²) < 4.78 is 11.6. The standard InChI is InChI=1S/C24H33N3O2.HI/c1-3-25-24(27-15-13-23(14-16-27)28-4-2)26-18-20-9-8-10-21(17-20)19-29-22-11-6-5-7-12-22;/h5-12,17,23H,3-4,13-16,18-19H2,1-2H3,(H,25,26);1H. The molecule has 0 atom stereocenters. The molecule has 1 saturated heterocycles. The maximum absolute atomic E-state index is 5.87. The van der Waals surface area contributed by atoms with Crippen molar-refractivity contribution in [2.75, 3.05) is 26.2 Å². The second kappa shape index (κ2) is 13.5. The Morgan fingerprint density at radius 2 is 1.77 bits per heavy atom. The van der Waals surface area contributed by atoms with Crippen LogP contribution in [0.2, 0.25) is 0 Å². The van der Waals surface area contributed by atoms with Gasteiger partial charge in [-0.05, 0) is 49.9 Å². The van der Waals surface area contributed by atoms with E-state index in [-0.39, 0.29) is 24.0 Å². The molecule has 30 heavy (non-hydrogen) atoms. The van der Waals surface area contributed by atoms with E-state index in [0.29, 0.717) is 19.3 Å². The summed E-state index contributed by atoms with van der Waals surface area (Å²) in [6, 6.07) is 18.4. The molecule has 1 fully saturated rings. The average Bonchev–Trinajstić information content (AvgIpc) is 2.77. The number of hydrogen-bond acceptors (Lipinski definition) is 3. The van der Waals surface area contributed by atoms with Crippen molar-refractivity contribution in [1.82, 2.24) is 10.2 Å². The Labute approximate surface area is 197 Å². The first-order valence-corrected chi connectivity index (χ1v) is 10.7. The van der Waals surface area contributed by atoms with Crippen molar-refractivity contribution in [3.63, 3.8) is 0 Å². The van der Waals surface area contributed by atoms with Crippen LogP contribution >= 0.6 is 24.0 Å². The van der Waals surface area contributed by atoms with Crippen molar-refractivity contribution in [3.05, 3.63) is 65.7 Å². The molecular formula is C24H34IN3O2. The third-order valence-corrected chi connectivity index (χ3v) is 5.03. The zero-order chi connectivity index (χ0) is 20.3. The Morgan fingerprint density at radius 1 is 1.03 bits per heavy atom. The summed E-state index contributed by atoms with van der Waals surface area (Å²) >= 11 is 0. The summed E-state index contributed by atoms with van der Waals surface area (Å²) in [5.41, 5.74) is 2.35. The lowest BCUT2D eigenvalue weighted by Gasteiger charge is -2.34. The minimum Gasteiger partial charge on any atom is -0.489 e. The van der Waals surface area contributed by atoms with E-state index in [2.05, 4.69) is 48.3 Å². The van der Waals surface area contributed by atoms with Crippen LogP contribution in [-0.4, -0.2) is 43.2 Å². The predicted molar refractivity (Wildman–Crippen MR) is 134 cm³/mol. The Balaban J connectivity index is 0.00000320. The van der Waals surface area contributed by atoms with Crippen LogP contribution in [-0.2, 0) is 17.9 Å². The molecule has 3 rings (SSSR count). The quantitative estimate of drug-likeness (QED) is 0.305. The Morgan fingerprint density at radius 3 is 2.47 bits per heavy atom. The first kappa shape index (κ1) is 24.5. The molecule has 2 aromatic carbocycles. The summed E-state index contributed by atoms with van der Waals surface area (Å²) in [5, 5.41) is 3.44. The molecule has 5 nitrogen and oxygen atoms in total. The largest absolute Gasteiger partial charge is 0.489 e. The number of aliphatic imine (C=N–C) groups is 1. The molecule has 1 N–H and O–H groups in total. The van der Waals surface area contributed by atoms with Crippen molar-refractivity contribution < 1.29 is 9.47 Å². The molecule has 0 saturated carbocycles. The normalized spacial score (nSPS) is 14.9. The summed E-state index contributed by atoms with van der Waals surface area (Å²) in [6.07, 6.45) is 2.51. The molecule has 6 heteroatoms. The Kier molecular flexibility index (Phi) is 11.0. The topological polar surface area (TPSA) is 46.1 Å². The number of halogens is 1. The van der Waals surface area contributed by atoms with Crippen LogP contribution in [0.3, 0.4) is 0 Å². The number of para-hydroxylation sites is 1. The van der Waals surface area contributed by atoms with E-state index < -0.39 is 0 Å². The van der Waals surface area contributed by atoms with Gasteiger partial charge in [-0.2, -0.15) is 0 Å². The zero-order valence-electron chi connectivity index (χ0n) is 18.0. The lowest BCUT2D eigenvalue weighted by Crippen LogP contribution is -2.47. The summed E-state index contributed by atoms with van der Waals surface area (Å²) in [4.78, 5) is 7.24. The van der Waals surface area contributed by atoms with Crippen LogP contribution in [0.5, 0.6) is 5.75 Å². The predicted octanol–water partition coefficient (Wildman–Crippen LogP) is 4.85. The highest BCUT2D eigenvalue weighted by molar-refractivity contribution is 14.0. The van der Waals surface area contributed by atoms with Crippen LogP contribution in [0.4, 0.5) is 0 Å². The van der Waals surface area contributed by atoms with Crippen molar-refractivity contribution >= 4 is 29.9 Å². The molecule has 164 valence electrons. The van der Waals surface area contributed by atoms with Gasteiger partial charge in [0.1, 0.15) is 12.4 Å². The molecular weight excluding hydrogens is 489 g/mol. The fourth-order valence-corrected chi connectivity index (χ4v) is 3.56. The van der Waals surface area contributed by atoms with Crippen molar-refractivity contribution in [2.24, 2.45) is 4.99 Å². The summed E-state index contributed by atoms with van der Waals surface area (Å²) in [6.45, 7) is 9.04. The van der Waals surface area contributed by atoms with Crippen molar-refractivity contribution in [2.45, 2.75) is 45.9 Å². The number of benzene rings is 2. The van der Waals surface area contributed by atoms with E-state index in [4.69, 9.17) is 14.5 Å². The van der Waals surface area contributed by atoms with E-state index in [1.807, 2.05) is 30.3 Å². The highest BCUT2D eigenvalue weighted by Gasteiger charge is 2.21. The summed E-state index contributed by atoms with van der Waals surface area (Å²) in [7, 11) is 0.